The topological polar surface area (TPSA) is 64.4 Å². The molecule has 0 bridgehead atoms. The van der Waals surface area contributed by atoms with Crippen LogP contribution >= 0.6 is 12.2 Å². The third-order valence-electron chi connectivity index (χ3n) is 3.30. The van der Waals surface area contributed by atoms with E-state index in [-0.39, 0.29) is 0 Å². The molecule has 0 amide bonds. The van der Waals surface area contributed by atoms with Crippen molar-refractivity contribution in [1.29, 1.82) is 0 Å². The summed E-state index contributed by atoms with van der Waals surface area (Å²) in [5.41, 5.74) is 0.898. The van der Waals surface area contributed by atoms with Crippen molar-refractivity contribution < 1.29 is 9.47 Å². The van der Waals surface area contributed by atoms with E-state index in [1.807, 2.05) is 25.1 Å². The second kappa shape index (κ2) is 8.47. The van der Waals surface area contributed by atoms with Gasteiger partial charge in [-0.05, 0) is 42.4 Å². The third-order valence-corrected chi connectivity index (χ3v) is 3.56. The van der Waals surface area contributed by atoms with E-state index < -0.39 is 0 Å². The predicted molar refractivity (Wildman–Crippen MR) is 93.2 cm³/mol. The van der Waals surface area contributed by atoms with Gasteiger partial charge in [0.15, 0.2) is 17.3 Å². The molecule has 0 aliphatic carbocycles. The molecular weight excluding hydrogens is 312 g/mol. The Morgan fingerprint density at radius 2 is 2.17 bits per heavy atom. The van der Waals surface area contributed by atoms with E-state index in [0.29, 0.717) is 17.1 Å². The highest BCUT2D eigenvalue weighted by atomic mass is 32.1. The summed E-state index contributed by atoms with van der Waals surface area (Å²) in [7, 11) is 1.63. The molecule has 0 fully saturated rings. The molecule has 0 aliphatic heterocycles. The summed E-state index contributed by atoms with van der Waals surface area (Å²) in [6, 6.07) is 5.72. The molecule has 1 N–H and O–H groups in total. The fourth-order valence-corrected chi connectivity index (χ4v) is 2.20. The number of hydrogen-bond acceptors (Lipinski definition) is 5. The summed E-state index contributed by atoms with van der Waals surface area (Å²) in [6.07, 6.45) is 4.59. The maximum atomic E-state index is 5.72. The van der Waals surface area contributed by atoms with E-state index in [1.54, 1.807) is 18.0 Å². The SMILES string of the molecule is CCCCOc1ccc(/C=N\n2c(CC)n[nH]c2=S)cc1OC. The highest BCUT2D eigenvalue weighted by Gasteiger charge is 2.06. The van der Waals surface area contributed by atoms with Crippen molar-refractivity contribution in [2.24, 2.45) is 5.10 Å². The molecule has 2 aromatic rings. The highest BCUT2D eigenvalue weighted by molar-refractivity contribution is 7.71. The van der Waals surface area contributed by atoms with Crippen molar-refractivity contribution in [3.63, 3.8) is 0 Å². The van der Waals surface area contributed by atoms with Gasteiger partial charge in [-0.1, -0.05) is 20.3 Å². The zero-order chi connectivity index (χ0) is 16.7. The van der Waals surface area contributed by atoms with Crippen LogP contribution in [0, 0.1) is 4.77 Å². The molecule has 0 saturated carbocycles. The van der Waals surface area contributed by atoms with Crippen LogP contribution in [0.2, 0.25) is 0 Å². The zero-order valence-electron chi connectivity index (χ0n) is 13.7. The number of benzene rings is 1. The van der Waals surface area contributed by atoms with Gasteiger partial charge in [-0.25, -0.2) is 0 Å². The van der Waals surface area contributed by atoms with Crippen molar-refractivity contribution in [3.8, 4) is 11.5 Å². The summed E-state index contributed by atoms with van der Waals surface area (Å²) < 4.78 is 13.2. The molecule has 7 heteroatoms. The molecule has 0 saturated heterocycles. The Balaban J connectivity index is 2.18. The quantitative estimate of drug-likeness (QED) is 0.455. The van der Waals surface area contributed by atoms with Crippen molar-refractivity contribution in [3.05, 3.63) is 34.4 Å². The van der Waals surface area contributed by atoms with Gasteiger partial charge < -0.3 is 9.47 Å². The van der Waals surface area contributed by atoms with Crippen molar-refractivity contribution in [2.75, 3.05) is 13.7 Å². The molecule has 1 heterocycles. The Hall–Kier alpha value is -2.15. The minimum Gasteiger partial charge on any atom is -0.493 e. The van der Waals surface area contributed by atoms with Crippen LogP contribution in [-0.4, -0.2) is 34.8 Å². The largest absolute Gasteiger partial charge is 0.493 e. The number of hydrogen-bond donors (Lipinski definition) is 1. The molecule has 0 radical (unpaired) electrons. The van der Waals surface area contributed by atoms with Crippen molar-refractivity contribution in [1.82, 2.24) is 14.9 Å². The first-order valence-electron chi connectivity index (χ1n) is 7.71. The fourth-order valence-electron chi connectivity index (χ4n) is 2.01. The van der Waals surface area contributed by atoms with Crippen LogP contribution in [0.5, 0.6) is 11.5 Å². The number of aromatic nitrogens is 3. The minimum absolute atomic E-state index is 0.476. The number of methoxy groups -OCH3 is 1. The second-order valence-corrected chi connectivity index (χ2v) is 5.35. The summed E-state index contributed by atoms with van der Waals surface area (Å²) in [6.45, 7) is 4.82. The van der Waals surface area contributed by atoms with E-state index >= 15 is 0 Å². The van der Waals surface area contributed by atoms with Gasteiger partial charge in [0.05, 0.1) is 19.9 Å². The van der Waals surface area contributed by atoms with Crippen LogP contribution in [0.4, 0.5) is 0 Å². The van der Waals surface area contributed by atoms with Crippen molar-refractivity contribution in [2.45, 2.75) is 33.1 Å². The number of ether oxygens (including phenoxy) is 2. The van der Waals surface area contributed by atoms with Gasteiger partial charge in [-0.15, -0.1) is 0 Å². The first-order valence-corrected chi connectivity index (χ1v) is 8.11. The number of nitrogens with zero attached hydrogens (tertiary/aromatic N) is 3. The number of aromatic amines is 1. The lowest BCUT2D eigenvalue weighted by Gasteiger charge is -2.10. The normalized spacial score (nSPS) is 11.1. The van der Waals surface area contributed by atoms with Crippen LogP contribution in [0.15, 0.2) is 23.3 Å². The van der Waals surface area contributed by atoms with Crippen LogP contribution in [-0.2, 0) is 6.42 Å². The first kappa shape index (κ1) is 17.2. The Morgan fingerprint density at radius 3 is 2.87 bits per heavy atom. The molecule has 6 nitrogen and oxygen atoms in total. The second-order valence-electron chi connectivity index (χ2n) is 4.97. The van der Waals surface area contributed by atoms with E-state index in [1.165, 1.54) is 0 Å². The van der Waals surface area contributed by atoms with Crippen LogP contribution in [0.25, 0.3) is 0 Å². The zero-order valence-corrected chi connectivity index (χ0v) is 14.5. The van der Waals surface area contributed by atoms with Gasteiger partial charge in [0, 0.05) is 6.42 Å². The van der Waals surface area contributed by atoms with Gasteiger partial charge in [-0.2, -0.15) is 14.9 Å². The number of aryl methyl sites for hydroxylation is 1. The summed E-state index contributed by atoms with van der Waals surface area (Å²) in [4.78, 5) is 0. The van der Waals surface area contributed by atoms with Gasteiger partial charge in [0.1, 0.15) is 0 Å². The van der Waals surface area contributed by atoms with Crippen LogP contribution in [0.3, 0.4) is 0 Å². The van der Waals surface area contributed by atoms with Gasteiger partial charge in [0.2, 0.25) is 4.77 Å². The molecule has 23 heavy (non-hydrogen) atoms. The highest BCUT2D eigenvalue weighted by Crippen LogP contribution is 2.27. The molecule has 0 atom stereocenters. The first-order chi connectivity index (χ1) is 11.2. The predicted octanol–water partition coefficient (Wildman–Crippen LogP) is 3.57. The Labute approximate surface area is 141 Å². The van der Waals surface area contributed by atoms with Crippen LogP contribution < -0.4 is 9.47 Å². The Kier molecular flexibility index (Phi) is 6.34. The minimum atomic E-state index is 0.476. The summed E-state index contributed by atoms with van der Waals surface area (Å²) >= 11 is 5.17. The molecule has 1 aromatic carbocycles. The Morgan fingerprint density at radius 1 is 1.35 bits per heavy atom. The average molecular weight is 334 g/mol. The van der Waals surface area contributed by atoms with Crippen molar-refractivity contribution >= 4 is 18.4 Å². The molecule has 1 aromatic heterocycles. The monoisotopic (exact) mass is 334 g/mol. The lowest BCUT2D eigenvalue weighted by atomic mass is 10.2. The third kappa shape index (κ3) is 4.41. The maximum Gasteiger partial charge on any atom is 0.216 e. The number of nitrogens with one attached hydrogen (secondary N) is 1. The molecule has 0 spiro atoms. The average Bonchev–Trinajstić information content (AvgIpc) is 2.93. The summed E-state index contributed by atoms with van der Waals surface area (Å²) in [5.74, 6) is 2.22. The standard InChI is InChI=1S/C16H22N4O2S/c1-4-6-9-22-13-8-7-12(10-14(13)21-3)11-17-20-15(5-2)18-19-16(20)23/h7-8,10-11H,4-6,9H2,1-3H3,(H,19,23)/b17-11-. The molecule has 0 aliphatic rings. The van der Waals surface area contributed by atoms with Gasteiger partial charge in [0.25, 0.3) is 0 Å². The Bertz CT molecular complexity index is 721. The molecule has 124 valence electrons. The van der Waals surface area contributed by atoms with Crippen LogP contribution in [0.1, 0.15) is 38.1 Å². The van der Waals surface area contributed by atoms with E-state index in [4.69, 9.17) is 21.7 Å². The lowest BCUT2D eigenvalue weighted by Crippen LogP contribution is -2.00. The van der Waals surface area contributed by atoms with Gasteiger partial charge in [-0.3, -0.25) is 5.10 Å². The smallest absolute Gasteiger partial charge is 0.216 e. The van der Waals surface area contributed by atoms with Gasteiger partial charge >= 0.3 is 0 Å². The fraction of sp³-hybridized carbons (Fsp3) is 0.438. The number of rotatable bonds is 8. The van der Waals surface area contributed by atoms with E-state index in [0.717, 1.165) is 36.4 Å². The molecular formula is C16H22N4O2S. The lowest BCUT2D eigenvalue weighted by molar-refractivity contribution is 0.288. The number of unbranched alkanes of at least 4 members (excludes halogenated alkanes) is 1. The summed E-state index contributed by atoms with van der Waals surface area (Å²) in [5, 5.41) is 11.3. The van der Waals surface area contributed by atoms with E-state index in [9.17, 15) is 0 Å². The van der Waals surface area contributed by atoms with E-state index in [2.05, 4.69) is 22.2 Å². The maximum absolute atomic E-state index is 5.72. The molecule has 2 rings (SSSR count). The number of H-pyrrole nitrogens is 1. The molecule has 0 unspecified atom stereocenters.